The van der Waals surface area contributed by atoms with E-state index in [9.17, 15) is 0 Å². The summed E-state index contributed by atoms with van der Waals surface area (Å²) in [5, 5.41) is 9.11. The summed E-state index contributed by atoms with van der Waals surface area (Å²) in [6, 6.07) is 13.0. The van der Waals surface area contributed by atoms with Crippen molar-refractivity contribution in [1.82, 2.24) is 10.6 Å². The van der Waals surface area contributed by atoms with Crippen LogP contribution < -0.4 is 15.4 Å². The highest BCUT2D eigenvalue weighted by Crippen LogP contribution is 2.21. The quantitative estimate of drug-likeness (QED) is 0.432. The first-order valence-corrected chi connectivity index (χ1v) is 7.70. The number of rotatable bonds is 5. The summed E-state index contributed by atoms with van der Waals surface area (Å²) in [6.07, 6.45) is 1.07. The van der Waals surface area contributed by atoms with Gasteiger partial charge in [-0.2, -0.15) is 0 Å². The lowest BCUT2D eigenvalue weighted by atomic mass is 10.1. The molecule has 0 heterocycles. The number of nitrogens with zero attached hydrogens (tertiary/aromatic N) is 1. The first-order chi connectivity index (χ1) is 10.7. The Kier molecular flexibility index (Phi) is 8.16. The fraction of sp³-hybridized carbons (Fsp3) is 0.389. The fourth-order valence-corrected chi connectivity index (χ4v) is 2.23. The molecule has 1 atom stereocenters. The van der Waals surface area contributed by atoms with Crippen LogP contribution in [0.25, 0.3) is 10.8 Å². The third kappa shape index (κ3) is 5.57. The molecule has 0 aliphatic rings. The summed E-state index contributed by atoms with van der Waals surface area (Å²) in [4.78, 5) is 4.25. The molecule has 4 nitrogen and oxygen atoms in total. The number of guanidine groups is 1. The van der Waals surface area contributed by atoms with E-state index in [1.807, 2.05) is 6.07 Å². The molecule has 2 rings (SSSR count). The summed E-state index contributed by atoms with van der Waals surface area (Å²) < 4.78 is 5.26. The fourth-order valence-electron chi connectivity index (χ4n) is 2.23. The molecule has 0 saturated heterocycles. The minimum absolute atomic E-state index is 0. The largest absolute Gasteiger partial charge is 0.497 e. The first-order valence-electron chi connectivity index (χ1n) is 7.70. The zero-order valence-electron chi connectivity index (χ0n) is 14.2. The minimum Gasteiger partial charge on any atom is -0.497 e. The second-order valence-corrected chi connectivity index (χ2v) is 5.43. The number of fused-ring (bicyclic) bond motifs is 1. The standard InChI is InChI=1S/C18H25N3O.HI/c1-5-13(2)21-18(19-3)20-12-14-6-7-16-11-17(22-4)9-8-15(16)10-14;/h6-11,13H,5,12H2,1-4H3,(H2,19,20,21);1H. The number of halogens is 1. The van der Waals surface area contributed by atoms with Gasteiger partial charge in [-0.3, -0.25) is 4.99 Å². The Bertz CT molecular complexity index is 658. The molecule has 0 amide bonds. The Balaban J connectivity index is 0.00000264. The van der Waals surface area contributed by atoms with Gasteiger partial charge in [0, 0.05) is 19.6 Å². The Morgan fingerprint density at radius 1 is 1.17 bits per heavy atom. The van der Waals surface area contributed by atoms with E-state index in [2.05, 4.69) is 59.8 Å². The molecule has 0 aromatic heterocycles. The average Bonchev–Trinajstić information content (AvgIpc) is 2.57. The van der Waals surface area contributed by atoms with E-state index in [0.29, 0.717) is 6.04 Å². The molecule has 0 fully saturated rings. The molecular formula is C18H26IN3O. The molecule has 126 valence electrons. The van der Waals surface area contributed by atoms with E-state index < -0.39 is 0 Å². The number of hydrogen-bond donors (Lipinski definition) is 2. The lowest BCUT2D eigenvalue weighted by Crippen LogP contribution is -2.41. The molecule has 1 unspecified atom stereocenters. The maximum Gasteiger partial charge on any atom is 0.191 e. The molecule has 0 aliphatic heterocycles. The predicted molar refractivity (Wildman–Crippen MR) is 109 cm³/mol. The van der Waals surface area contributed by atoms with E-state index in [0.717, 1.165) is 24.7 Å². The molecule has 5 heteroatoms. The van der Waals surface area contributed by atoms with Gasteiger partial charge in [0.15, 0.2) is 5.96 Å². The zero-order chi connectivity index (χ0) is 15.9. The van der Waals surface area contributed by atoms with E-state index >= 15 is 0 Å². The molecule has 0 radical (unpaired) electrons. The topological polar surface area (TPSA) is 45.7 Å². The summed E-state index contributed by atoms with van der Waals surface area (Å²) in [5.41, 5.74) is 1.23. The van der Waals surface area contributed by atoms with Crippen LogP contribution in [-0.2, 0) is 6.54 Å². The number of benzene rings is 2. The average molecular weight is 427 g/mol. The van der Waals surface area contributed by atoms with E-state index in [4.69, 9.17) is 4.74 Å². The van der Waals surface area contributed by atoms with E-state index in [1.54, 1.807) is 14.2 Å². The van der Waals surface area contributed by atoms with E-state index in [-0.39, 0.29) is 24.0 Å². The molecule has 0 saturated carbocycles. The van der Waals surface area contributed by atoms with Crippen molar-refractivity contribution >= 4 is 40.7 Å². The van der Waals surface area contributed by atoms with Crippen molar-refractivity contribution in [3.05, 3.63) is 42.0 Å². The molecule has 0 aliphatic carbocycles. The lowest BCUT2D eigenvalue weighted by molar-refractivity contribution is 0.415. The van der Waals surface area contributed by atoms with Crippen LogP contribution in [0.4, 0.5) is 0 Å². The monoisotopic (exact) mass is 427 g/mol. The Labute approximate surface area is 155 Å². The first kappa shape index (κ1) is 19.5. The highest BCUT2D eigenvalue weighted by molar-refractivity contribution is 14.0. The van der Waals surface area contributed by atoms with Crippen LogP contribution in [-0.4, -0.2) is 26.2 Å². The SMILES string of the molecule is CCC(C)NC(=NC)NCc1ccc2cc(OC)ccc2c1.I. The maximum atomic E-state index is 5.26. The zero-order valence-corrected chi connectivity index (χ0v) is 16.5. The van der Waals surface area contributed by atoms with Gasteiger partial charge in [0.05, 0.1) is 7.11 Å². The van der Waals surface area contributed by atoms with Crippen molar-refractivity contribution in [1.29, 1.82) is 0 Å². The smallest absolute Gasteiger partial charge is 0.191 e. The van der Waals surface area contributed by atoms with Crippen molar-refractivity contribution in [3.8, 4) is 5.75 Å². The van der Waals surface area contributed by atoms with Gasteiger partial charge in [-0.15, -0.1) is 24.0 Å². The van der Waals surface area contributed by atoms with Crippen LogP contribution in [0.1, 0.15) is 25.8 Å². The molecule has 2 aromatic rings. The highest BCUT2D eigenvalue weighted by Gasteiger charge is 2.03. The Morgan fingerprint density at radius 3 is 2.52 bits per heavy atom. The van der Waals surface area contributed by atoms with Gasteiger partial charge in [0.2, 0.25) is 0 Å². The lowest BCUT2D eigenvalue weighted by Gasteiger charge is -2.16. The van der Waals surface area contributed by atoms with Gasteiger partial charge >= 0.3 is 0 Å². The van der Waals surface area contributed by atoms with Crippen molar-refractivity contribution in [2.24, 2.45) is 4.99 Å². The molecule has 2 aromatic carbocycles. The summed E-state index contributed by atoms with van der Waals surface area (Å²) in [6.45, 7) is 5.05. The van der Waals surface area contributed by atoms with Crippen LogP contribution in [0.15, 0.2) is 41.4 Å². The van der Waals surface area contributed by atoms with Crippen LogP contribution in [0.5, 0.6) is 5.75 Å². The van der Waals surface area contributed by atoms with Crippen molar-refractivity contribution in [2.45, 2.75) is 32.9 Å². The molecule has 0 spiro atoms. The van der Waals surface area contributed by atoms with Gasteiger partial charge in [0.25, 0.3) is 0 Å². The third-order valence-electron chi connectivity index (χ3n) is 3.79. The van der Waals surface area contributed by atoms with Gasteiger partial charge in [-0.1, -0.05) is 25.1 Å². The molecular weight excluding hydrogens is 401 g/mol. The molecule has 2 N–H and O–H groups in total. The van der Waals surface area contributed by atoms with Crippen LogP contribution >= 0.6 is 24.0 Å². The molecule has 0 bridgehead atoms. The summed E-state index contributed by atoms with van der Waals surface area (Å²) in [5.74, 6) is 1.72. The van der Waals surface area contributed by atoms with Crippen molar-refractivity contribution in [3.63, 3.8) is 0 Å². The number of methoxy groups -OCH3 is 1. The highest BCUT2D eigenvalue weighted by atomic mass is 127. The van der Waals surface area contributed by atoms with Crippen LogP contribution in [0, 0.1) is 0 Å². The maximum absolute atomic E-state index is 5.26. The normalized spacial score (nSPS) is 12.4. The second kappa shape index (κ2) is 9.60. The van der Waals surface area contributed by atoms with Gasteiger partial charge in [0.1, 0.15) is 5.75 Å². The van der Waals surface area contributed by atoms with Gasteiger partial charge < -0.3 is 15.4 Å². The van der Waals surface area contributed by atoms with Gasteiger partial charge in [-0.05, 0) is 47.9 Å². The van der Waals surface area contributed by atoms with E-state index in [1.165, 1.54) is 16.3 Å². The Hall–Kier alpha value is -1.50. The van der Waals surface area contributed by atoms with Crippen molar-refractivity contribution in [2.75, 3.05) is 14.2 Å². The molecule has 23 heavy (non-hydrogen) atoms. The number of hydrogen-bond acceptors (Lipinski definition) is 2. The van der Waals surface area contributed by atoms with Gasteiger partial charge in [-0.25, -0.2) is 0 Å². The number of ether oxygens (including phenoxy) is 1. The van der Waals surface area contributed by atoms with Crippen molar-refractivity contribution < 1.29 is 4.74 Å². The van der Waals surface area contributed by atoms with Crippen LogP contribution in [0.3, 0.4) is 0 Å². The second-order valence-electron chi connectivity index (χ2n) is 5.43. The minimum atomic E-state index is 0. The summed E-state index contributed by atoms with van der Waals surface area (Å²) in [7, 11) is 3.49. The van der Waals surface area contributed by atoms with Crippen LogP contribution in [0.2, 0.25) is 0 Å². The third-order valence-corrected chi connectivity index (χ3v) is 3.79. The Morgan fingerprint density at radius 2 is 1.87 bits per heavy atom. The number of aliphatic imine (C=N–C) groups is 1. The number of nitrogens with one attached hydrogen (secondary N) is 2. The predicted octanol–water partition coefficient (Wildman–Crippen LogP) is 3.93. The summed E-state index contributed by atoms with van der Waals surface area (Å²) >= 11 is 0.